The van der Waals surface area contributed by atoms with E-state index in [0.29, 0.717) is 15.7 Å². The maximum absolute atomic E-state index is 12.1. The fraction of sp³-hybridized carbons (Fsp3) is 0. The largest absolute Gasteiger partial charge is 0.331 e. The summed E-state index contributed by atoms with van der Waals surface area (Å²) in [6, 6.07) is 18.9. The molecule has 130 valence electrons. The van der Waals surface area contributed by atoms with Gasteiger partial charge in [-0.3, -0.25) is 10.1 Å². The van der Waals surface area contributed by atoms with Crippen LogP contribution < -0.4 is 10.6 Å². The number of amides is 1. The fourth-order valence-corrected chi connectivity index (χ4v) is 3.01. The molecule has 0 fully saturated rings. The summed E-state index contributed by atoms with van der Waals surface area (Å²) >= 11 is 17.1. The van der Waals surface area contributed by atoms with Gasteiger partial charge in [-0.1, -0.05) is 65.7 Å². The average Bonchev–Trinajstić information content (AvgIpc) is 2.63. The third-order valence-electron chi connectivity index (χ3n) is 3.65. The van der Waals surface area contributed by atoms with Crippen LogP contribution in [0, 0.1) is 0 Å². The Morgan fingerprint density at radius 1 is 1.00 bits per heavy atom. The molecule has 3 rings (SSSR count). The lowest BCUT2D eigenvalue weighted by atomic mass is 10.0. The van der Waals surface area contributed by atoms with E-state index >= 15 is 0 Å². The number of rotatable bonds is 3. The summed E-state index contributed by atoms with van der Waals surface area (Å²) in [7, 11) is 0. The molecule has 1 amide bonds. The number of hydrogen-bond acceptors (Lipinski definition) is 2. The number of halogens is 2. The molecule has 0 bridgehead atoms. The van der Waals surface area contributed by atoms with E-state index < -0.39 is 0 Å². The van der Waals surface area contributed by atoms with Gasteiger partial charge in [0.25, 0.3) is 0 Å². The molecule has 6 heteroatoms. The molecule has 0 aliphatic heterocycles. The monoisotopic (exact) mass is 400 g/mol. The van der Waals surface area contributed by atoms with Gasteiger partial charge in [-0.15, -0.1) is 0 Å². The van der Waals surface area contributed by atoms with Gasteiger partial charge in [0.15, 0.2) is 5.11 Å². The number of carbonyl (C=O) groups is 1. The second-order valence-corrected chi connectivity index (χ2v) is 6.72. The number of carbonyl (C=O) groups excluding carboxylic acids is 1. The summed E-state index contributed by atoms with van der Waals surface area (Å²) < 4.78 is 0. The molecule has 0 saturated carbocycles. The van der Waals surface area contributed by atoms with Crippen LogP contribution >= 0.6 is 35.4 Å². The molecule has 26 heavy (non-hydrogen) atoms. The molecule has 0 atom stereocenters. The molecule has 3 aromatic rings. The lowest BCUT2D eigenvalue weighted by molar-refractivity contribution is -0.115. The number of benzene rings is 3. The molecule has 0 radical (unpaired) electrons. The highest BCUT2D eigenvalue weighted by Crippen LogP contribution is 2.25. The van der Waals surface area contributed by atoms with Gasteiger partial charge in [-0.25, -0.2) is 0 Å². The van der Waals surface area contributed by atoms with Crippen LogP contribution in [0.2, 0.25) is 10.0 Å². The topological polar surface area (TPSA) is 41.1 Å². The first-order valence-corrected chi connectivity index (χ1v) is 8.92. The van der Waals surface area contributed by atoms with Crippen molar-refractivity contribution < 1.29 is 4.79 Å². The Labute approximate surface area is 166 Å². The zero-order valence-electron chi connectivity index (χ0n) is 13.5. The quantitative estimate of drug-likeness (QED) is 0.439. The molecular formula is C20H14Cl2N2OS. The molecule has 0 saturated heterocycles. The van der Waals surface area contributed by atoms with Crippen molar-refractivity contribution in [2.75, 3.05) is 5.32 Å². The van der Waals surface area contributed by atoms with Crippen molar-refractivity contribution in [2.45, 2.75) is 0 Å². The summed E-state index contributed by atoms with van der Waals surface area (Å²) in [4.78, 5) is 12.1. The van der Waals surface area contributed by atoms with Crippen molar-refractivity contribution >= 4 is 69.0 Å². The molecule has 0 spiro atoms. The Hall–Kier alpha value is -2.40. The Balaban J connectivity index is 1.67. The molecule has 3 nitrogen and oxygen atoms in total. The van der Waals surface area contributed by atoms with Crippen LogP contribution in [0.3, 0.4) is 0 Å². The first kappa shape index (κ1) is 18.4. The first-order valence-electron chi connectivity index (χ1n) is 7.76. The van der Waals surface area contributed by atoms with E-state index in [9.17, 15) is 4.79 Å². The van der Waals surface area contributed by atoms with Crippen molar-refractivity contribution in [1.29, 1.82) is 0 Å². The van der Waals surface area contributed by atoms with E-state index in [-0.39, 0.29) is 11.0 Å². The lowest BCUT2D eigenvalue weighted by Crippen LogP contribution is -2.32. The maximum atomic E-state index is 12.1. The van der Waals surface area contributed by atoms with Crippen molar-refractivity contribution in [3.63, 3.8) is 0 Å². The second-order valence-electron chi connectivity index (χ2n) is 5.47. The molecular weight excluding hydrogens is 387 g/mol. The highest BCUT2D eigenvalue weighted by atomic mass is 35.5. The van der Waals surface area contributed by atoms with Gasteiger partial charge in [0.2, 0.25) is 5.91 Å². The molecule has 0 aliphatic carbocycles. The lowest BCUT2D eigenvalue weighted by Gasteiger charge is -2.10. The van der Waals surface area contributed by atoms with Crippen molar-refractivity contribution in [2.24, 2.45) is 0 Å². The maximum Gasteiger partial charge on any atom is 0.250 e. The molecule has 0 aliphatic rings. The summed E-state index contributed by atoms with van der Waals surface area (Å²) in [5, 5.41) is 8.75. The first-order chi connectivity index (χ1) is 12.5. The molecule has 0 unspecified atom stereocenters. The van der Waals surface area contributed by atoms with E-state index in [1.54, 1.807) is 24.3 Å². The van der Waals surface area contributed by atoms with Gasteiger partial charge < -0.3 is 5.32 Å². The van der Waals surface area contributed by atoms with Gasteiger partial charge in [0, 0.05) is 11.1 Å². The predicted molar refractivity (Wildman–Crippen MR) is 114 cm³/mol. The highest BCUT2D eigenvalue weighted by molar-refractivity contribution is 7.80. The minimum Gasteiger partial charge on any atom is -0.331 e. The third-order valence-corrected chi connectivity index (χ3v) is 4.42. The molecule has 0 aromatic heterocycles. The van der Waals surface area contributed by atoms with E-state index in [0.717, 1.165) is 16.3 Å². The smallest absolute Gasteiger partial charge is 0.250 e. The predicted octanol–water partition coefficient (Wildman–Crippen LogP) is 5.67. The fourth-order valence-electron chi connectivity index (χ4n) is 2.46. The van der Waals surface area contributed by atoms with Crippen LogP contribution in [0.5, 0.6) is 0 Å². The summed E-state index contributed by atoms with van der Waals surface area (Å²) in [6.07, 6.45) is 3.20. The van der Waals surface area contributed by atoms with Crippen LogP contribution in [-0.2, 0) is 4.79 Å². The molecule has 3 aromatic carbocycles. The Kier molecular flexibility index (Phi) is 5.89. The van der Waals surface area contributed by atoms with Crippen molar-refractivity contribution in [3.05, 3.63) is 82.3 Å². The highest BCUT2D eigenvalue weighted by Gasteiger charge is 2.06. The van der Waals surface area contributed by atoms with Crippen LogP contribution in [-0.4, -0.2) is 11.0 Å². The number of fused-ring (bicyclic) bond motifs is 1. The summed E-state index contributed by atoms with van der Waals surface area (Å²) in [5.41, 5.74) is 1.48. The average molecular weight is 401 g/mol. The van der Waals surface area contributed by atoms with Gasteiger partial charge in [0.1, 0.15) is 0 Å². The summed E-state index contributed by atoms with van der Waals surface area (Å²) in [6.45, 7) is 0. The molecule has 2 N–H and O–H groups in total. The third kappa shape index (κ3) is 4.61. The van der Waals surface area contributed by atoms with E-state index in [1.807, 2.05) is 42.5 Å². The van der Waals surface area contributed by atoms with Crippen LogP contribution in [0.4, 0.5) is 5.69 Å². The van der Waals surface area contributed by atoms with E-state index in [1.165, 1.54) is 6.08 Å². The van der Waals surface area contributed by atoms with Crippen molar-refractivity contribution in [3.8, 4) is 0 Å². The normalized spacial score (nSPS) is 10.8. The van der Waals surface area contributed by atoms with Gasteiger partial charge >= 0.3 is 0 Å². The zero-order chi connectivity index (χ0) is 18.5. The van der Waals surface area contributed by atoms with Gasteiger partial charge in [-0.2, -0.15) is 0 Å². The van der Waals surface area contributed by atoms with Crippen molar-refractivity contribution in [1.82, 2.24) is 5.32 Å². The van der Waals surface area contributed by atoms with Gasteiger partial charge in [0.05, 0.1) is 10.7 Å². The SMILES string of the molecule is O=C(C=Cc1cccc2ccccc12)NC(=S)Nc1cc(Cl)ccc1Cl. The number of thiocarbonyl (C=S) groups is 1. The van der Waals surface area contributed by atoms with Crippen LogP contribution in [0.15, 0.2) is 66.7 Å². The minimum absolute atomic E-state index is 0.140. The minimum atomic E-state index is -0.339. The van der Waals surface area contributed by atoms with E-state index in [2.05, 4.69) is 10.6 Å². The Morgan fingerprint density at radius 2 is 1.77 bits per heavy atom. The summed E-state index contributed by atoms with van der Waals surface area (Å²) in [5.74, 6) is -0.339. The number of nitrogens with one attached hydrogen (secondary N) is 2. The second kappa shape index (κ2) is 8.32. The number of hydrogen-bond donors (Lipinski definition) is 2. The van der Waals surface area contributed by atoms with Crippen LogP contribution in [0.25, 0.3) is 16.8 Å². The van der Waals surface area contributed by atoms with Crippen LogP contribution in [0.1, 0.15) is 5.56 Å². The number of anilines is 1. The van der Waals surface area contributed by atoms with Gasteiger partial charge in [-0.05, 0) is 52.8 Å². The standard InChI is InChI=1S/C20H14Cl2N2OS/c21-15-9-10-17(22)18(12-15)23-20(26)24-19(25)11-8-14-6-3-5-13-4-1-2-7-16(13)14/h1-12H,(H2,23,24,25,26). The van der Waals surface area contributed by atoms with E-state index in [4.69, 9.17) is 35.4 Å². The Morgan fingerprint density at radius 3 is 2.62 bits per heavy atom. The molecule has 0 heterocycles. The Bertz CT molecular complexity index is 1010. The zero-order valence-corrected chi connectivity index (χ0v) is 15.8.